The molecule has 2 aromatic carbocycles. The number of pyridine rings is 1. The summed E-state index contributed by atoms with van der Waals surface area (Å²) in [6.45, 7) is 0. The molecule has 1 aromatic heterocycles. The van der Waals surface area contributed by atoms with Crippen molar-refractivity contribution in [2.75, 3.05) is 7.05 Å². The summed E-state index contributed by atoms with van der Waals surface area (Å²) in [4.78, 5) is 4.26. The number of halogens is 2. The van der Waals surface area contributed by atoms with E-state index in [0.29, 0.717) is 0 Å². The van der Waals surface area contributed by atoms with Crippen LogP contribution in [0.1, 0.15) is 17.2 Å². The maximum atomic E-state index is 6.16. The fourth-order valence-corrected chi connectivity index (χ4v) is 3.26. The first-order valence-electron chi connectivity index (χ1n) is 6.65. The van der Waals surface area contributed by atoms with E-state index in [-0.39, 0.29) is 6.04 Å². The molecular formula is C17H14BrClN2. The lowest BCUT2D eigenvalue weighted by molar-refractivity contribution is 0.694. The van der Waals surface area contributed by atoms with Gasteiger partial charge in [0.1, 0.15) is 0 Å². The van der Waals surface area contributed by atoms with Crippen LogP contribution in [-0.2, 0) is 0 Å². The number of fused-ring (bicyclic) bond motifs is 1. The van der Waals surface area contributed by atoms with Crippen LogP contribution in [0.4, 0.5) is 0 Å². The van der Waals surface area contributed by atoms with E-state index >= 15 is 0 Å². The lowest BCUT2D eigenvalue weighted by Gasteiger charge is -2.20. The smallest absolute Gasteiger partial charge is 0.0592 e. The van der Waals surface area contributed by atoms with Crippen molar-refractivity contribution in [3.05, 3.63) is 75.5 Å². The van der Waals surface area contributed by atoms with Gasteiger partial charge in [-0.1, -0.05) is 45.7 Å². The molecule has 1 heterocycles. The van der Waals surface area contributed by atoms with Gasteiger partial charge in [-0.25, -0.2) is 0 Å². The Morgan fingerprint density at radius 1 is 1.14 bits per heavy atom. The summed E-state index contributed by atoms with van der Waals surface area (Å²) < 4.78 is 1.03. The van der Waals surface area contributed by atoms with Crippen LogP contribution in [0, 0.1) is 0 Å². The predicted molar refractivity (Wildman–Crippen MR) is 91.8 cm³/mol. The number of hydrogen-bond donors (Lipinski definition) is 1. The molecule has 1 unspecified atom stereocenters. The van der Waals surface area contributed by atoms with Crippen LogP contribution in [0.2, 0.25) is 5.02 Å². The highest BCUT2D eigenvalue weighted by atomic mass is 79.9. The molecule has 0 radical (unpaired) electrons. The zero-order chi connectivity index (χ0) is 14.8. The first kappa shape index (κ1) is 14.5. The molecule has 1 N–H and O–H groups in total. The Bertz CT molecular complexity index is 783. The number of rotatable bonds is 3. The highest BCUT2D eigenvalue weighted by Gasteiger charge is 2.17. The summed E-state index contributed by atoms with van der Waals surface area (Å²) in [5.41, 5.74) is 2.30. The van der Waals surface area contributed by atoms with Crippen LogP contribution >= 0.6 is 27.5 Å². The largest absolute Gasteiger partial charge is 0.309 e. The molecule has 3 rings (SSSR count). The summed E-state index contributed by atoms with van der Waals surface area (Å²) in [5, 5.41) is 6.43. The van der Waals surface area contributed by atoms with Crippen molar-refractivity contribution < 1.29 is 0 Å². The van der Waals surface area contributed by atoms with E-state index in [1.165, 1.54) is 10.9 Å². The van der Waals surface area contributed by atoms with Gasteiger partial charge >= 0.3 is 0 Å². The van der Waals surface area contributed by atoms with Crippen molar-refractivity contribution in [2.24, 2.45) is 0 Å². The van der Waals surface area contributed by atoms with Crippen LogP contribution in [0.25, 0.3) is 10.8 Å². The predicted octanol–water partition coefficient (Wildman–Crippen LogP) is 4.96. The first-order chi connectivity index (χ1) is 10.2. The van der Waals surface area contributed by atoms with E-state index < -0.39 is 0 Å². The van der Waals surface area contributed by atoms with Crippen LogP contribution < -0.4 is 5.32 Å². The Kier molecular flexibility index (Phi) is 4.24. The van der Waals surface area contributed by atoms with E-state index in [2.05, 4.69) is 44.4 Å². The minimum atomic E-state index is 0.0472. The Morgan fingerprint density at radius 3 is 2.81 bits per heavy atom. The molecule has 0 saturated heterocycles. The number of aromatic nitrogens is 1. The monoisotopic (exact) mass is 360 g/mol. The van der Waals surface area contributed by atoms with Crippen molar-refractivity contribution in [3.8, 4) is 0 Å². The van der Waals surface area contributed by atoms with Gasteiger partial charge < -0.3 is 5.32 Å². The maximum absolute atomic E-state index is 6.16. The third kappa shape index (κ3) is 2.82. The molecule has 0 aliphatic heterocycles. The molecule has 0 amide bonds. The first-order valence-corrected chi connectivity index (χ1v) is 7.82. The molecule has 4 heteroatoms. The molecule has 0 spiro atoms. The van der Waals surface area contributed by atoms with Crippen molar-refractivity contribution in [2.45, 2.75) is 6.04 Å². The second kappa shape index (κ2) is 6.14. The molecule has 21 heavy (non-hydrogen) atoms. The topological polar surface area (TPSA) is 24.9 Å². The minimum absolute atomic E-state index is 0.0472. The summed E-state index contributed by atoms with van der Waals surface area (Å²) in [5.74, 6) is 0. The van der Waals surface area contributed by atoms with Gasteiger partial charge in [-0.2, -0.15) is 0 Å². The lowest BCUT2D eigenvalue weighted by Crippen LogP contribution is -2.18. The van der Waals surface area contributed by atoms with Gasteiger partial charge in [0.15, 0.2) is 0 Å². The van der Waals surface area contributed by atoms with Gasteiger partial charge in [-0.15, -0.1) is 0 Å². The Hall–Kier alpha value is -1.42. The van der Waals surface area contributed by atoms with Gasteiger partial charge in [-0.05, 0) is 47.8 Å². The van der Waals surface area contributed by atoms with Crippen molar-refractivity contribution >= 4 is 38.3 Å². The highest BCUT2D eigenvalue weighted by Crippen LogP contribution is 2.33. The zero-order valence-corrected chi connectivity index (χ0v) is 13.8. The molecule has 0 fully saturated rings. The van der Waals surface area contributed by atoms with Gasteiger partial charge in [0, 0.05) is 27.3 Å². The lowest BCUT2D eigenvalue weighted by atomic mass is 9.95. The molecule has 0 saturated carbocycles. The minimum Gasteiger partial charge on any atom is -0.309 e. The molecule has 0 aliphatic rings. The molecule has 0 aliphatic carbocycles. The Morgan fingerprint density at radius 2 is 2.00 bits per heavy atom. The van der Waals surface area contributed by atoms with Gasteiger partial charge in [0.2, 0.25) is 0 Å². The van der Waals surface area contributed by atoms with Crippen LogP contribution in [0.3, 0.4) is 0 Å². The molecule has 3 aromatic rings. The number of nitrogens with zero attached hydrogens (tertiary/aromatic N) is 1. The van der Waals surface area contributed by atoms with Crippen LogP contribution in [0.5, 0.6) is 0 Å². The molecule has 0 bridgehead atoms. The van der Waals surface area contributed by atoms with Crippen molar-refractivity contribution in [1.29, 1.82) is 0 Å². The fourth-order valence-electron chi connectivity index (χ4n) is 2.60. The van der Waals surface area contributed by atoms with Crippen molar-refractivity contribution in [3.63, 3.8) is 0 Å². The van der Waals surface area contributed by atoms with E-state index in [4.69, 9.17) is 11.6 Å². The fraction of sp³-hybridized carbons (Fsp3) is 0.118. The number of hydrogen-bond acceptors (Lipinski definition) is 2. The standard InChI is InChI=1S/C17H14BrClN2/c1-20-17(14-9-12(19)5-6-16(14)18)13-4-2-3-11-7-8-21-10-15(11)13/h2-10,17,20H,1H3. The summed E-state index contributed by atoms with van der Waals surface area (Å²) in [6.07, 6.45) is 3.73. The Balaban J connectivity index is 2.21. The number of benzene rings is 2. The van der Waals surface area contributed by atoms with E-state index in [1.807, 2.05) is 43.7 Å². The molecule has 2 nitrogen and oxygen atoms in total. The second-order valence-electron chi connectivity index (χ2n) is 4.83. The van der Waals surface area contributed by atoms with E-state index in [0.717, 1.165) is 20.4 Å². The van der Waals surface area contributed by atoms with Gasteiger partial charge in [0.05, 0.1) is 6.04 Å². The second-order valence-corrected chi connectivity index (χ2v) is 6.12. The average molecular weight is 362 g/mol. The SMILES string of the molecule is CNC(c1cc(Cl)ccc1Br)c1cccc2ccncc12. The van der Waals surface area contributed by atoms with E-state index in [1.54, 1.807) is 0 Å². The maximum Gasteiger partial charge on any atom is 0.0592 e. The highest BCUT2D eigenvalue weighted by molar-refractivity contribution is 9.10. The van der Waals surface area contributed by atoms with Gasteiger partial charge in [-0.3, -0.25) is 4.98 Å². The summed E-state index contributed by atoms with van der Waals surface area (Å²) in [7, 11) is 1.95. The van der Waals surface area contributed by atoms with Crippen LogP contribution in [-0.4, -0.2) is 12.0 Å². The molecule has 1 atom stereocenters. The number of nitrogens with one attached hydrogen (secondary N) is 1. The van der Waals surface area contributed by atoms with Crippen LogP contribution in [0.15, 0.2) is 59.3 Å². The van der Waals surface area contributed by atoms with Crippen molar-refractivity contribution in [1.82, 2.24) is 10.3 Å². The zero-order valence-electron chi connectivity index (χ0n) is 11.5. The molecule has 106 valence electrons. The third-order valence-electron chi connectivity index (χ3n) is 3.59. The summed E-state index contributed by atoms with van der Waals surface area (Å²) in [6, 6.07) is 14.2. The quantitative estimate of drug-likeness (QED) is 0.713. The van der Waals surface area contributed by atoms with Gasteiger partial charge in [0.25, 0.3) is 0 Å². The average Bonchev–Trinajstić information content (AvgIpc) is 2.51. The normalized spacial score (nSPS) is 12.5. The Labute approximate surface area is 137 Å². The summed E-state index contributed by atoms with van der Waals surface area (Å²) >= 11 is 9.78. The molecular weight excluding hydrogens is 348 g/mol. The third-order valence-corrected chi connectivity index (χ3v) is 4.54. The van der Waals surface area contributed by atoms with E-state index in [9.17, 15) is 0 Å².